The van der Waals surface area contributed by atoms with E-state index in [1.807, 2.05) is 45.0 Å². The van der Waals surface area contributed by atoms with Gasteiger partial charge in [-0.1, -0.05) is 19.1 Å². The predicted octanol–water partition coefficient (Wildman–Crippen LogP) is 3.73. The molecule has 2 aromatic rings. The molecule has 19 heavy (non-hydrogen) atoms. The SMILES string of the molecule is CCc1ccc(C)c(NS(=O)(=O)c2ccc(C)s2)c1. The number of anilines is 1. The van der Waals surface area contributed by atoms with Crippen LogP contribution in [0.3, 0.4) is 0 Å². The summed E-state index contributed by atoms with van der Waals surface area (Å²) in [4.78, 5) is 0.986. The quantitative estimate of drug-likeness (QED) is 0.934. The lowest BCUT2D eigenvalue weighted by atomic mass is 10.1. The van der Waals surface area contributed by atoms with Crippen molar-refractivity contribution in [3.63, 3.8) is 0 Å². The predicted molar refractivity (Wildman–Crippen MR) is 80.4 cm³/mol. The summed E-state index contributed by atoms with van der Waals surface area (Å²) in [5.74, 6) is 0. The molecule has 0 unspecified atom stereocenters. The molecule has 3 nitrogen and oxygen atoms in total. The summed E-state index contributed by atoms with van der Waals surface area (Å²) in [6.07, 6.45) is 0.882. The van der Waals surface area contributed by atoms with Gasteiger partial charge in [0.1, 0.15) is 4.21 Å². The van der Waals surface area contributed by atoms with Crippen molar-refractivity contribution in [1.29, 1.82) is 0 Å². The monoisotopic (exact) mass is 295 g/mol. The summed E-state index contributed by atoms with van der Waals surface area (Å²) >= 11 is 1.28. The average Bonchev–Trinajstić information content (AvgIpc) is 2.79. The highest BCUT2D eigenvalue weighted by atomic mass is 32.2. The van der Waals surface area contributed by atoms with Crippen LogP contribution in [-0.4, -0.2) is 8.42 Å². The first-order chi connectivity index (χ1) is 8.92. The standard InChI is InChI=1S/C14H17NO2S2/c1-4-12-7-5-10(2)13(9-12)15-19(16,17)14-8-6-11(3)18-14/h5-9,15H,4H2,1-3H3. The number of benzene rings is 1. The van der Waals surface area contributed by atoms with Gasteiger partial charge in [-0.05, 0) is 49.6 Å². The van der Waals surface area contributed by atoms with Gasteiger partial charge in [0.15, 0.2) is 0 Å². The lowest BCUT2D eigenvalue weighted by molar-refractivity contribution is 0.603. The van der Waals surface area contributed by atoms with Crippen LogP contribution in [0.5, 0.6) is 0 Å². The lowest BCUT2D eigenvalue weighted by Crippen LogP contribution is -2.12. The van der Waals surface area contributed by atoms with Gasteiger partial charge in [-0.2, -0.15) is 0 Å². The molecular formula is C14H17NO2S2. The van der Waals surface area contributed by atoms with E-state index in [1.165, 1.54) is 11.3 Å². The van der Waals surface area contributed by atoms with Crippen molar-refractivity contribution < 1.29 is 8.42 Å². The highest BCUT2D eigenvalue weighted by molar-refractivity contribution is 7.94. The molecule has 0 aliphatic carbocycles. The van der Waals surface area contributed by atoms with Gasteiger partial charge in [0.05, 0.1) is 5.69 Å². The summed E-state index contributed by atoms with van der Waals surface area (Å²) in [6, 6.07) is 9.31. The van der Waals surface area contributed by atoms with Crippen molar-refractivity contribution in [1.82, 2.24) is 0 Å². The molecule has 1 aromatic heterocycles. The first-order valence-corrected chi connectivity index (χ1v) is 8.41. The minimum Gasteiger partial charge on any atom is -0.279 e. The Morgan fingerprint density at radius 1 is 1.16 bits per heavy atom. The third-order valence-corrected chi connectivity index (χ3v) is 5.79. The molecule has 1 N–H and O–H groups in total. The molecule has 1 heterocycles. The molecule has 0 aliphatic rings. The van der Waals surface area contributed by atoms with Gasteiger partial charge in [0.2, 0.25) is 0 Å². The van der Waals surface area contributed by atoms with E-state index in [0.29, 0.717) is 9.90 Å². The molecule has 0 radical (unpaired) electrons. The van der Waals surface area contributed by atoms with Crippen LogP contribution in [-0.2, 0) is 16.4 Å². The van der Waals surface area contributed by atoms with Gasteiger partial charge in [-0.3, -0.25) is 4.72 Å². The summed E-state index contributed by atoms with van der Waals surface area (Å²) < 4.78 is 27.6. The normalized spacial score (nSPS) is 11.5. The van der Waals surface area contributed by atoms with Crippen molar-refractivity contribution in [2.75, 3.05) is 4.72 Å². The fourth-order valence-corrected chi connectivity index (χ4v) is 4.16. The third-order valence-electron chi connectivity index (χ3n) is 2.94. The zero-order chi connectivity index (χ0) is 14.0. The number of sulfonamides is 1. The zero-order valence-electron chi connectivity index (χ0n) is 11.2. The first kappa shape index (κ1) is 14.1. The van der Waals surface area contributed by atoms with E-state index in [4.69, 9.17) is 0 Å². The van der Waals surface area contributed by atoms with Crippen LogP contribution in [0, 0.1) is 13.8 Å². The van der Waals surface area contributed by atoms with Crippen molar-refractivity contribution in [3.8, 4) is 0 Å². The Bertz CT molecular complexity index is 687. The Kier molecular flexibility index (Phi) is 3.96. The topological polar surface area (TPSA) is 46.2 Å². The van der Waals surface area contributed by atoms with Gasteiger partial charge < -0.3 is 0 Å². The van der Waals surface area contributed by atoms with E-state index in [-0.39, 0.29) is 0 Å². The van der Waals surface area contributed by atoms with Crippen LogP contribution in [0.15, 0.2) is 34.5 Å². The number of aryl methyl sites for hydroxylation is 3. The maximum absolute atomic E-state index is 12.3. The van der Waals surface area contributed by atoms with E-state index in [1.54, 1.807) is 6.07 Å². The Hall–Kier alpha value is -1.33. The van der Waals surface area contributed by atoms with Crippen LogP contribution >= 0.6 is 11.3 Å². The van der Waals surface area contributed by atoms with Crippen molar-refractivity contribution >= 4 is 27.0 Å². The number of rotatable bonds is 4. The fraction of sp³-hybridized carbons (Fsp3) is 0.286. The minimum absolute atomic E-state index is 0.353. The Labute approximate surface area is 118 Å². The van der Waals surface area contributed by atoms with Gasteiger partial charge in [0.25, 0.3) is 10.0 Å². The second-order valence-corrected chi connectivity index (χ2v) is 7.67. The number of hydrogen-bond donors (Lipinski definition) is 1. The van der Waals surface area contributed by atoms with E-state index < -0.39 is 10.0 Å². The average molecular weight is 295 g/mol. The Morgan fingerprint density at radius 3 is 2.47 bits per heavy atom. The smallest absolute Gasteiger partial charge is 0.271 e. The molecular weight excluding hydrogens is 278 g/mol. The van der Waals surface area contributed by atoms with Crippen molar-refractivity contribution in [2.24, 2.45) is 0 Å². The summed E-state index contributed by atoms with van der Waals surface area (Å²) in [7, 11) is -3.47. The van der Waals surface area contributed by atoms with Gasteiger partial charge in [0, 0.05) is 4.88 Å². The zero-order valence-corrected chi connectivity index (χ0v) is 12.9. The minimum atomic E-state index is -3.47. The molecule has 0 spiro atoms. The lowest BCUT2D eigenvalue weighted by Gasteiger charge is -2.10. The first-order valence-electron chi connectivity index (χ1n) is 6.11. The molecule has 0 saturated heterocycles. The van der Waals surface area contributed by atoms with E-state index in [0.717, 1.165) is 22.4 Å². The highest BCUT2D eigenvalue weighted by Gasteiger charge is 2.17. The number of thiophene rings is 1. The molecule has 0 fully saturated rings. The molecule has 0 aliphatic heterocycles. The van der Waals surface area contributed by atoms with Gasteiger partial charge >= 0.3 is 0 Å². The summed E-state index contributed by atoms with van der Waals surface area (Å²) in [6.45, 7) is 5.84. The molecule has 2 rings (SSSR count). The number of hydrogen-bond acceptors (Lipinski definition) is 3. The van der Waals surface area contributed by atoms with Crippen LogP contribution in [0.4, 0.5) is 5.69 Å². The molecule has 1 aromatic carbocycles. The van der Waals surface area contributed by atoms with Crippen molar-refractivity contribution in [2.45, 2.75) is 31.4 Å². The third kappa shape index (κ3) is 3.16. The molecule has 102 valence electrons. The van der Waals surface area contributed by atoms with Crippen LogP contribution in [0.25, 0.3) is 0 Å². The molecule has 0 saturated carbocycles. The second kappa shape index (κ2) is 5.35. The summed E-state index contributed by atoms with van der Waals surface area (Å²) in [5, 5.41) is 0. The van der Waals surface area contributed by atoms with E-state index in [9.17, 15) is 8.42 Å². The second-order valence-electron chi connectivity index (χ2n) is 4.47. The van der Waals surface area contributed by atoms with Crippen molar-refractivity contribution in [3.05, 3.63) is 46.3 Å². The van der Waals surface area contributed by atoms with Gasteiger partial charge in [-0.15, -0.1) is 11.3 Å². The molecule has 5 heteroatoms. The number of nitrogens with one attached hydrogen (secondary N) is 1. The van der Waals surface area contributed by atoms with E-state index in [2.05, 4.69) is 4.72 Å². The fourth-order valence-electron chi connectivity index (χ4n) is 1.75. The molecule has 0 bridgehead atoms. The largest absolute Gasteiger partial charge is 0.279 e. The van der Waals surface area contributed by atoms with Crippen LogP contribution < -0.4 is 4.72 Å². The molecule has 0 atom stereocenters. The maximum atomic E-state index is 12.3. The van der Waals surface area contributed by atoms with Crippen LogP contribution in [0.1, 0.15) is 22.9 Å². The molecule has 0 amide bonds. The van der Waals surface area contributed by atoms with Crippen LogP contribution in [0.2, 0.25) is 0 Å². The maximum Gasteiger partial charge on any atom is 0.271 e. The Morgan fingerprint density at radius 2 is 1.89 bits per heavy atom. The Balaban J connectivity index is 2.35. The van der Waals surface area contributed by atoms with Gasteiger partial charge in [-0.25, -0.2) is 8.42 Å². The summed E-state index contributed by atoms with van der Waals surface area (Å²) in [5.41, 5.74) is 2.70. The highest BCUT2D eigenvalue weighted by Crippen LogP contribution is 2.25. The van der Waals surface area contributed by atoms with E-state index >= 15 is 0 Å².